The Morgan fingerprint density at radius 2 is 2.04 bits per heavy atom. The topological polar surface area (TPSA) is 64.7 Å². The van der Waals surface area contributed by atoms with E-state index in [0.717, 1.165) is 41.9 Å². The fourth-order valence-corrected chi connectivity index (χ4v) is 3.57. The van der Waals surface area contributed by atoms with Gasteiger partial charge in [-0.3, -0.25) is 0 Å². The van der Waals surface area contributed by atoms with Gasteiger partial charge in [-0.05, 0) is 19.4 Å². The summed E-state index contributed by atoms with van der Waals surface area (Å²) in [6.45, 7) is 4.54. The number of hydrogen-bond donors (Lipinski definition) is 0. The Morgan fingerprint density at radius 3 is 2.68 bits per heavy atom. The molecule has 4 heterocycles. The van der Waals surface area contributed by atoms with Crippen molar-refractivity contribution in [1.29, 1.82) is 0 Å². The Balaban J connectivity index is 1.76. The van der Waals surface area contributed by atoms with Gasteiger partial charge in [-0.1, -0.05) is 13.3 Å². The van der Waals surface area contributed by atoms with Crippen LogP contribution in [0.4, 0.5) is 14.6 Å². The van der Waals surface area contributed by atoms with Crippen molar-refractivity contribution in [3.63, 3.8) is 0 Å². The average molecular weight is 389 g/mol. The van der Waals surface area contributed by atoms with Crippen molar-refractivity contribution >= 4 is 16.9 Å². The zero-order valence-corrected chi connectivity index (χ0v) is 16.5. The van der Waals surface area contributed by atoms with Gasteiger partial charge in [0.15, 0.2) is 5.82 Å². The number of aryl methyl sites for hydroxylation is 2. The first-order valence-electron chi connectivity index (χ1n) is 9.71. The molecule has 0 saturated carbocycles. The fourth-order valence-electron chi connectivity index (χ4n) is 3.57. The maximum atomic E-state index is 13.8. The number of aromatic nitrogens is 6. The lowest BCUT2D eigenvalue weighted by Gasteiger charge is -2.19. The van der Waals surface area contributed by atoms with Crippen LogP contribution in [0.1, 0.15) is 43.7 Å². The Hall–Kier alpha value is -2.58. The zero-order valence-electron chi connectivity index (χ0n) is 16.5. The number of halogens is 2. The number of hydrogen-bond acceptors (Lipinski definition) is 5. The maximum absolute atomic E-state index is 13.8. The molecule has 0 aliphatic carbocycles. The highest BCUT2D eigenvalue weighted by Gasteiger charge is 2.39. The molecule has 0 spiro atoms. The van der Waals surface area contributed by atoms with Gasteiger partial charge < -0.3 is 14.0 Å². The Kier molecular flexibility index (Phi) is 4.76. The predicted molar refractivity (Wildman–Crippen MR) is 103 cm³/mol. The molecule has 28 heavy (non-hydrogen) atoms. The highest BCUT2D eigenvalue weighted by Crippen LogP contribution is 2.34. The molecular formula is C19H25F2N7. The fraction of sp³-hybridized carbons (Fsp3) is 0.579. The van der Waals surface area contributed by atoms with Crippen molar-refractivity contribution in [2.45, 2.75) is 52.0 Å². The molecule has 0 radical (unpaired) electrons. The Labute approximate surface area is 162 Å². The first-order valence-corrected chi connectivity index (χ1v) is 9.71. The first-order chi connectivity index (χ1) is 13.4. The summed E-state index contributed by atoms with van der Waals surface area (Å²) in [5.74, 6) is 0.303. The molecule has 0 atom stereocenters. The van der Waals surface area contributed by atoms with Crippen LogP contribution in [0.2, 0.25) is 0 Å². The largest absolute Gasteiger partial charge is 0.350 e. The lowest BCUT2D eigenvalue weighted by molar-refractivity contribution is 0.0257. The van der Waals surface area contributed by atoms with Crippen molar-refractivity contribution in [3.8, 4) is 0 Å². The van der Waals surface area contributed by atoms with E-state index in [1.807, 2.05) is 35.4 Å². The summed E-state index contributed by atoms with van der Waals surface area (Å²) in [6, 6.07) is 1.91. The van der Waals surface area contributed by atoms with Crippen molar-refractivity contribution in [1.82, 2.24) is 29.3 Å². The van der Waals surface area contributed by atoms with Crippen LogP contribution in [0, 0.1) is 6.92 Å². The van der Waals surface area contributed by atoms with E-state index < -0.39 is 5.92 Å². The molecule has 3 aromatic heterocycles. The van der Waals surface area contributed by atoms with E-state index in [1.165, 1.54) is 0 Å². The third-order valence-electron chi connectivity index (χ3n) is 5.36. The third kappa shape index (κ3) is 3.45. The number of fused-ring (bicyclic) bond motifs is 1. The van der Waals surface area contributed by atoms with Crippen molar-refractivity contribution in [2.24, 2.45) is 7.05 Å². The molecule has 1 aliphatic rings. The quantitative estimate of drug-likeness (QED) is 0.648. The van der Waals surface area contributed by atoms with Gasteiger partial charge >= 0.3 is 0 Å². The lowest BCUT2D eigenvalue weighted by Crippen LogP contribution is -2.26. The van der Waals surface area contributed by atoms with E-state index in [0.29, 0.717) is 24.7 Å². The van der Waals surface area contributed by atoms with Crippen LogP contribution >= 0.6 is 0 Å². The predicted octanol–water partition coefficient (Wildman–Crippen LogP) is 3.10. The normalized spacial score (nSPS) is 16.4. The molecule has 0 unspecified atom stereocenters. The minimum absolute atomic E-state index is 0.137. The molecule has 0 aromatic carbocycles. The second kappa shape index (κ2) is 7.10. The monoisotopic (exact) mass is 389 g/mol. The van der Waals surface area contributed by atoms with E-state index in [4.69, 9.17) is 4.98 Å². The molecule has 4 rings (SSSR count). The second-order valence-corrected chi connectivity index (χ2v) is 7.50. The van der Waals surface area contributed by atoms with Crippen LogP contribution in [-0.2, 0) is 20.0 Å². The summed E-state index contributed by atoms with van der Waals surface area (Å²) in [7, 11) is 1.93. The third-order valence-corrected chi connectivity index (χ3v) is 5.36. The molecule has 1 fully saturated rings. The van der Waals surface area contributed by atoms with Crippen LogP contribution in [-0.4, -0.2) is 48.3 Å². The highest BCUT2D eigenvalue weighted by atomic mass is 19.3. The first kappa shape index (κ1) is 18.8. The van der Waals surface area contributed by atoms with Crippen molar-refractivity contribution in [3.05, 3.63) is 29.7 Å². The summed E-state index contributed by atoms with van der Waals surface area (Å²) in [6.07, 6.45) is 4.51. The molecule has 9 heteroatoms. The summed E-state index contributed by atoms with van der Waals surface area (Å²) in [5, 5.41) is 9.14. The highest BCUT2D eigenvalue weighted by molar-refractivity contribution is 5.88. The van der Waals surface area contributed by atoms with Gasteiger partial charge in [0, 0.05) is 32.6 Å². The molecule has 3 aromatic rings. The lowest BCUT2D eigenvalue weighted by atomic mass is 10.2. The molecule has 1 saturated heterocycles. The van der Waals surface area contributed by atoms with Gasteiger partial charge in [-0.2, -0.15) is 0 Å². The Morgan fingerprint density at radius 1 is 1.21 bits per heavy atom. The van der Waals surface area contributed by atoms with E-state index in [-0.39, 0.29) is 13.0 Å². The molecule has 1 aliphatic heterocycles. The number of rotatable bonds is 6. The molecular weight excluding hydrogens is 364 g/mol. The standard InChI is InChI=1S/C19H25F2N7/c1-4-5-6-15-22-17-14(18(23-15)28-10-8-19(20,21)12-28)7-9-27(17)11-16-25-24-13(2)26(16)3/h7,9H,4-6,8,10-12H2,1-3H3. The number of alkyl halides is 2. The van der Waals surface area contributed by atoms with Crippen molar-refractivity contribution < 1.29 is 8.78 Å². The minimum Gasteiger partial charge on any atom is -0.350 e. The Bertz CT molecular complexity index is 992. The minimum atomic E-state index is -2.67. The molecule has 150 valence electrons. The van der Waals surface area contributed by atoms with Crippen molar-refractivity contribution in [2.75, 3.05) is 18.0 Å². The van der Waals surface area contributed by atoms with E-state index in [2.05, 4.69) is 22.1 Å². The number of anilines is 1. The summed E-state index contributed by atoms with van der Waals surface area (Å²) in [4.78, 5) is 11.1. The second-order valence-electron chi connectivity index (χ2n) is 7.50. The molecule has 0 amide bonds. The summed E-state index contributed by atoms with van der Waals surface area (Å²) >= 11 is 0. The molecule has 0 bridgehead atoms. The molecule has 0 N–H and O–H groups in total. The SMILES string of the molecule is CCCCc1nc(N2CCC(F)(F)C2)c2ccn(Cc3nnc(C)n3C)c2n1. The van der Waals surface area contributed by atoms with Crippen LogP contribution in [0.3, 0.4) is 0 Å². The van der Waals surface area contributed by atoms with E-state index in [9.17, 15) is 8.78 Å². The summed E-state index contributed by atoms with van der Waals surface area (Å²) < 4.78 is 31.6. The smallest absolute Gasteiger partial charge is 0.266 e. The van der Waals surface area contributed by atoms with Gasteiger partial charge in [0.1, 0.15) is 23.1 Å². The van der Waals surface area contributed by atoms with Gasteiger partial charge in [-0.15, -0.1) is 10.2 Å². The number of unbranched alkanes of at least 4 members (excludes halogenated alkanes) is 1. The van der Waals surface area contributed by atoms with Crippen LogP contribution in [0.25, 0.3) is 11.0 Å². The van der Waals surface area contributed by atoms with Gasteiger partial charge in [0.05, 0.1) is 18.5 Å². The van der Waals surface area contributed by atoms with Crippen LogP contribution < -0.4 is 4.90 Å². The molecule has 7 nitrogen and oxygen atoms in total. The van der Waals surface area contributed by atoms with E-state index >= 15 is 0 Å². The average Bonchev–Trinajstić information content (AvgIpc) is 3.33. The van der Waals surface area contributed by atoms with Crippen LogP contribution in [0.15, 0.2) is 12.3 Å². The van der Waals surface area contributed by atoms with Gasteiger partial charge in [0.25, 0.3) is 5.92 Å². The van der Waals surface area contributed by atoms with E-state index in [1.54, 1.807) is 4.90 Å². The van der Waals surface area contributed by atoms with Crippen LogP contribution in [0.5, 0.6) is 0 Å². The maximum Gasteiger partial charge on any atom is 0.266 e. The van der Waals surface area contributed by atoms with Gasteiger partial charge in [0.2, 0.25) is 0 Å². The summed E-state index contributed by atoms with van der Waals surface area (Å²) in [5.41, 5.74) is 0.756. The number of nitrogens with zero attached hydrogens (tertiary/aromatic N) is 7. The zero-order chi connectivity index (χ0) is 19.9. The van der Waals surface area contributed by atoms with Gasteiger partial charge in [-0.25, -0.2) is 18.7 Å².